The van der Waals surface area contributed by atoms with E-state index in [0.717, 1.165) is 11.4 Å². The van der Waals surface area contributed by atoms with Crippen LogP contribution < -0.4 is 5.32 Å². The van der Waals surface area contributed by atoms with E-state index in [1.807, 2.05) is 13.0 Å². The lowest BCUT2D eigenvalue weighted by Crippen LogP contribution is -2.08. The molecule has 1 heterocycles. The number of rotatable bonds is 3. The van der Waals surface area contributed by atoms with Gasteiger partial charge in [-0.15, -0.1) is 0 Å². The van der Waals surface area contributed by atoms with Crippen molar-refractivity contribution in [3.05, 3.63) is 58.4 Å². The minimum absolute atomic E-state index is 0.243. The molecule has 2 rings (SSSR count). The highest BCUT2D eigenvalue weighted by Crippen LogP contribution is 2.22. The fraction of sp³-hybridized carbons (Fsp3) is 0.267. The van der Waals surface area contributed by atoms with Crippen LogP contribution in [-0.2, 0) is 0 Å². The third-order valence-corrected chi connectivity index (χ3v) is 3.21. The van der Waals surface area contributed by atoms with Crippen LogP contribution in [0.1, 0.15) is 29.8 Å². The Morgan fingerprint density at radius 2 is 1.72 bits per heavy atom. The number of halogens is 1. The molecule has 1 atom stereocenters. The van der Waals surface area contributed by atoms with Gasteiger partial charge in [-0.2, -0.15) is 0 Å². The Morgan fingerprint density at radius 1 is 1.06 bits per heavy atom. The van der Waals surface area contributed by atoms with E-state index in [1.54, 1.807) is 6.07 Å². The number of aryl methyl sites for hydroxylation is 2. The largest absolute Gasteiger partial charge is 0.377 e. The Morgan fingerprint density at radius 3 is 2.33 bits per heavy atom. The van der Waals surface area contributed by atoms with E-state index in [0.29, 0.717) is 5.15 Å². The summed E-state index contributed by atoms with van der Waals surface area (Å²) in [4.78, 5) is 4.24. The normalized spacial score (nSPS) is 12.2. The van der Waals surface area contributed by atoms with Crippen molar-refractivity contribution in [3.63, 3.8) is 0 Å². The van der Waals surface area contributed by atoms with Gasteiger partial charge in [0.15, 0.2) is 0 Å². The molecule has 3 heteroatoms. The molecule has 94 valence electrons. The molecule has 0 bridgehead atoms. The van der Waals surface area contributed by atoms with Gasteiger partial charge in [0.25, 0.3) is 0 Å². The predicted molar refractivity (Wildman–Crippen MR) is 77.2 cm³/mol. The van der Waals surface area contributed by atoms with E-state index in [1.165, 1.54) is 11.1 Å². The molecule has 1 N–H and O–H groups in total. The Balaban J connectivity index is 2.15. The number of nitrogens with zero attached hydrogens (tertiary/aromatic N) is 1. The first-order chi connectivity index (χ1) is 8.56. The molecular weight excluding hydrogens is 244 g/mol. The quantitative estimate of drug-likeness (QED) is 0.821. The molecule has 1 aromatic heterocycles. The predicted octanol–water partition coefficient (Wildman–Crippen LogP) is 4.52. The van der Waals surface area contributed by atoms with Crippen LogP contribution in [0.25, 0.3) is 0 Å². The van der Waals surface area contributed by atoms with Crippen molar-refractivity contribution in [2.45, 2.75) is 26.8 Å². The SMILES string of the molecule is Cc1ccc(C(C)Nc2ccc(Cl)nc2C)cc1. The zero-order valence-corrected chi connectivity index (χ0v) is 11.6. The third kappa shape index (κ3) is 3.02. The van der Waals surface area contributed by atoms with E-state index in [2.05, 4.69) is 48.4 Å². The molecule has 0 spiro atoms. The molecule has 0 fully saturated rings. The monoisotopic (exact) mass is 260 g/mol. The third-order valence-electron chi connectivity index (χ3n) is 3.00. The Hall–Kier alpha value is -1.54. The van der Waals surface area contributed by atoms with Gasteiger partial charge in [0.2, 0.25) is 0 Å². The van der Waals surface area contributed by atoms with Crippen molar-refractivity contribution in [3.8, 4) is 0 Å². The molecule has 1 aromatic carbocycles. The first kappa shape index (κ1) is 12.9. The van der Waals surface area contributed by atoms with Crippen molar-refractivity contribution in [2.24, 2.45) is 0 Å². The van der Waals surface area contributed by atoms with Crippen LogP contribution in [0.2, 0.25) is 5.15 Å². The van der Waals surface area contributed by atoms with Gasteiger partial charge in [0, 0.05) is 6.04 Å². The molecule has 0 radical (unpaired) electrons. The summed E-state index contributed by atoms with van der Waals surface area (Å²) in [6, 6.07) is 12.6. The van der Waals surface area contributed by atoms with Gasteiger partial charge < -0.3 is 5.32 Å². The van der Waals surface area contributed by atoms with E-state index in [-0.39, 0.29) is 6.04 Å². The fourth-order valence-corrected chi connectivity index (χ4v) is 2.04. The summed E-state index contributed by atoms with van der Waals surface area (Å²) in [5, 5.41) is 3.98. The minimum atomic E-state index is 0.243. The van der Waals surface area contributed by atoms with Gasteiger partial charge in [-0.3, -0.25) is 0 Å². The highest BCUT2D eigenvalue weighted by atomic mass is 35.5. The molecule has 0 aliphatic rings. The topological polar surface area (TPSA) is 24.9 Å². The van der Waals surface area contributed by atoms with Gasteiger partial charge in [0.1, 0.15) is 5.15 Å². The molecule has 0 aliphatic carbocycles. The lowest BCUT2D eigenvalue weighted by atomic mass is 10.1. The molecule has 0 saturated heterocycles. The first-order valence-corrected chi connectivity index (χ1v) is 6.40. The second-order valence-corrected chi connectivity index (χ2v) is 4.93. The number of hydrogen-bond acceptors (Lipinski definition) is 2. The second kappa shape index (κ2) is 5.40. The molecule has 18 heavy (non-hydrogen) atoms. The zero-order valence-electron chi connectivity index (χ0n) is 10.9. The maximum Gasteiger partial charge on any atom is 0.129 e. The summed E-state index contributed by atoms with van der Waals surface area (Å²) < 4.78 is 0. The van der Waals surface area contributed by atoms with Crippen LogP contribution in [0.5, 0.6) is 0 Å². The Bertz CT molecular complexity index is 535. The van der Waals surface area contributed by atoms with E-state index < -0.39 is 0 Å². The number of pyridine rings is 1. The second-order valence-electron chi connectivity index (χ2n) is 4.54. The number of benzene rings is 1. The Labute approximate surface area is 113 Å². The van der Waals surface area contributed by atoms with Crippen molar-refractivity contribution in [2.75, 3.05) is 5.32 Å². The summed E-state index contributed by atoms with van der Waals surface area (Å²) in [7, 11) is 0. The van der Waals surface area contributed by atoms with E-state index in [9.17, 15) is 0 Å². The maximum absolute atomic E-state index is 5.85. The molecular formula is C15H17ClN2. The van der Waals surface area contributed by atoms with Gasteiger partial charge in [-0.05, 0) is 38.5 Å². The van der Waals surface area contributed by atoms with Gasteiger partial charge in [-0.25, -0.2) is 4.98 Å². The number of hydrogen-bond donors (Lipinski definition) is 1. The van der Waals surface area contributed by atoms with Crippen LogP contribution in [0, 0.1) is 13.8 Å². The number of anilines is 1. The lowest BCUT2D eigenvalue weighted by Gasteiger charge is -2.17. The zero-order chi connectivity index (χ0) is 13.1. The molecule has 0 amide bonds. The lowest BCUT2D eigenvalue weighted by molar-refractivity contribution is 0.878. The molecule has 1 unspecified atom stereocenters. The average molecular weight is 261 g/mol. The highest BCUT2D eigenvalue weighted by Gasteiger charge is 2.07. The molecule has 0 aliphatic heterocycles. The van der Waals surface area contributed by atoms with E-state index in [4.69, 9.17) is 11.6 Å². The van der Waals surface area contributed by atoms with Gasteiger partial charge in [0.05, 0.1) is 11.4 Å². The smallest absolute Gasteiger partial charge is 0.129 e. The van der Waals surface area contributed by atoms with Gasteiger partial charge in [-0.1, -0.05) is 41.4 Å². The summed E-state index contributed by atoms with van der Waals surface area (Å²) in [5.74, 6) is 0. The summed E-state index contributed by atoms with van der Waals surface area (Å²) in [6.07, 6.45) is 0. The number of aromatic nitrogens is 1. The van der Waals surface area contributed by atoms with Crippen LogP contribution in [-0.4, -0.2) is 4.98 Å². The fourth-order valence-electron chi connectivity index (χ4n) is 1.85. The average Bonchev–Trinajstić information content (AvgIpc) is 2.33. The summed E-state index contributed by atoms with van der Waals surface area (Å²) in [5.41, 5.74) is 4.47. The molecule has 2 aromatic rings. The van der Waals surface area contributed by atoms with Crippen LogP contribution in [0.15, 0.2) is 36.4 Å². The Kier molecular flexibility index (Phi) is 3.87. The highest BCUT2D eigenvalue weighted by molar-refractivity contribution is 6.29. The van der Waals surface area contributed by atoms with Crippen LogP contribution >= 0.6 is 11.6 Å². The van der Waals surface area contributed by atoms with Crippen molar-refractivity contribution in [1.29, 1.82) is 0 Å². The van der Waals surface area contributed by atoms with Crippen molar-refractivity contribution < 1.29 is 0 Å². The molecule has 2 nitrogen and oxygen atoms in total. The summed E-state index contributed by atoms with van der Waals surface area (Å²) >= 11 is 5.85. The number of nitrogens with one attached hydrogen (secondary N) is 1. The van der Waals surface area contributed by atoms with Crippen molar-refractivity contribution in [1.82, 2.24) is 4.98 Å². The van der Waals surface area contributed by atoms with E-state index >= 15 is 0 Å². The maximum atomic E-state index is 5.85. The van der Waals surface area contributed by atoms with Crippen molar-refractivity contribution >= 4 is 17.3 Å². The standard InChI is InChI=1S/C15H17ClN2/c1-10-4-6-13(7-5-10)11(2)17-14-8-9-15(16)18-12(14)3/h4-9,11,17H,1-3H3. The van der Waals surface area contributed by atoms with Crippen LogP contribution in [0.3, 0.4) is 0 Å². The summed E-state index contributed by atoms with van der Waals surface area (Å²) in [6.45, 7) is 6.18. The minimum Gasteiger partial charge on any atom is -0.377 e. The van der Waals surface area contributed by atoms with Crippen LogP contribution in [0.4, 0.5) is 5.69 Å². The first-order valence-electron chi connectivity index (χ1n) is 6.02. The van der Waals surface area contributed by atoms with Gasteiger partial charge >= 0.3 is 0 Å². The molecule has 0 saturated carbocycles.